The molecule has 1 aromatic carbocycles. The van der Waals surface area contributed by atoms with Crippen molar-refractivity contribution in [3.8, 4) is 16.9 Å². The average molecular weight is 595 g/mol. The Morgan fingerprint density at radius 1 is 0.767 bits per heavy atom. The zero-order valence-corrected chi connectivity index (χ0v) is 24.5. The van der Waals surface area contributed by atoms with Crippen molar-refractivity contribution in [3.05, 3.63) is 77.4 Å². The maximum atomic E-state index is 12.4. The van der Waals surface area contributed by atoms with E-state index in [1.807, 2.05) is 30.3 Å². The molecule has 1 saturated heterocycles. The molecule has 1 fully saturated rings. The number of carbonyl (C=O) groups excluding carboxylic acids is 4. The molecule has 0 aromatic heterocycles. The normalized spacial score (nSPS) is 23.3. The first-order valence-corrected chi connectivity index (χ1v) is 13.6. The minimum absolute atomic E-state index is 0.0486. The van der Waals surface area contributed by atoms with Crippen LogP contribution in [0.3, 0.4) is 0 Å². The van der Waals surface area contributed by atoms with Crippen molar-refractivity contribution in [2.75, 3.05) is 13.7 Å². The van der Waals surface area contributed by atoms with Gasteiger partial charge >= 0.3 is 23.9 Å². The Morgan fingerprint density at radius 3 is 1.93 bits per heavy atom. The molecule has 0 saturated carbocycles. The Bertz CT molecular complexity index is 1440. The van der Waals surface area contributed by atoms with E-state index in [4.69, 9.17) is 28.4 Å². The van der Waals surface area contributed by atoms with E-state index in [-0.39, 0.29) is 11.3 Å². The van der Waals surface area contributed by atoms with Gasteiger partial charge in [0.2, 0.25) is 11.9 Å². The van der Waals surface area contributed by atoms with Gasteiger partial charge in [-0.3, -0.25) is 19.2 Å². The molecule has 11 heteroatoms. The van der Waals surface area contributed by atoms with Gasteiger partial charge in [0.25, 0.3) is 0 Å². The second kappa shape index (κ2) is 13.2. The number of benzene rings is 1. The molecular formula is C32H34O11. The summed E-state index contributed by atoms with van der Waals surface area (Å²) in [6, 6.07) is 18.8. The summed E-state index contributed by atoms with van der Waals surface area (Å²) in [7, 11) is 1.26. The fraction of sp³-hybridized carbons (Fsp3) is 0.375. The largest absolute Gasteiger partial charge is 0.507 e. The molecule has 2 aliphatic carbocycles. The van der Waals surface area contributed by atoms with Crippen LogP contribution in [0.25, 0.3) is 11.1 Å². The molecule has 0 spiro atoms. The lowest BCUT2D eigenvalue weighted by molar-refractivity contribution is -0.368. The van der Waals surface area contributed by atoms with Gasteiger partial charge < -0.3 is 33.5 Å². The van der Waals surface area contributed by atoms with Crippen LogP contribution in [0.4, 0.5) is 0 Å². The minimum atomic E-state index is -2.10. The van der Waals surface area contributed by atoms with Crippen molar-refractivity contribution in [2.45, 2.75) is 64.3 Å². The number of phenolic OH excluding ortho intramolecular Hbond substituents is 1. The summed E-state index contributed by atoms with van der Waals surface area (Å²) in [5.74, 6) is -5.36. The van der Waals surface area contributed by atoms with Crippen LogP contribution < -0.4 is 0 Å². The van der Waals surface area contributed by atoms with Gasteiger partial charge in [-0.15, -0.1) is 0 Å². The van der Waals surface area contributed by atoms with Crippen LogP contribution in [-0.4, -0.2) is 67.1 Å². The number of carbonyl (C=O) groups is 4. The number of hydrogen-bond donors (Lipinski definition) is 1. The first-order chi connectivity index (χ1) is 20.4. The molecule has 228 valence electrons. The lowest BCUT2D eigenvalue weighted by Gasteiger charge is -2.50. The summed E-state index contributed by atoms with van der Waals surface area (Å²) < 4.78 is 34.1. The van der Waals surface area contributed by atoms with Crippen LogP contribution >= 0.6 is 0 Å². The topological polar surface area (TPSA) is 144 Å². The van der Waals surface area contributed by atoms with Gasteiger partial charge in [0.1, 0.15) is 18.5 Å². The van der Waals surface area contributed by atoms with E-state index in [1.165, 1.54) is 20.1 Å². The summed E-state index contributed by atoms with van der Waals surface area (Å²) in [5, 5.41) is 11.1. The van der Waals surface area contributed by atoms with Gasteiger partial charge in [0.15, 0.2) is 12.2 Å². The smallest absolute Gasteiger partial charge is 0.303 e. The molecule has 5 atom stereocenters. The Balaban J connectivity index is 1.85. The van der Waals surface area contributed by atoms with Gasteiger partial charge in [0.05, 0.1) is 5.56 Å². The van der Waals surface area contributed by atoms with E-state index in [0.717, 1.165) is 43.0 Å². The third kappa shape index (κ3) is 7.12. The zero-order chi connectivity index (χ0) is 31.3. The number of ether oxygens (including phenoxy) is 6. The maximum absolute atomic E-state index is 12.4. The van der Waals surface area contributed by atoms with Crippen molar-refractivity contribution < 1.29 is 52.7 Å². The molecule has 1 heterocycles. The molecule has 0 bridgehead atoms. The van der Waals surface area contributed by atoms with Crippen molar-refractivity contribution in [2.24, 2.45) is 0 Å². The van der Waals surface area contributed by atoms with E-state index in [0.29, 0.717) is 6.42 Å². The highest BCUT2D eigenvalue weighted by Crippen LogP contribution is 2.46. The number of hydrogen-bond acceptors (Lipinski definition) is 11. The van der Waals surface area contributed by atoms with Gasteiger partial charge in [-0.05, 0) is 40.8 Å². The quantitative estimate of drug-likeness (QED) is 0.286. The molecule has 1 N–H and O–H groups in total. The second-order valence-corrected chi connectivity index (χ2v) is 10.2. The molecule has 4 rings (SSSR count). The molecule has 43 heavy (non-hydrogen) atoms. The van der Waals surface area contributed by atoms with Crippen LogP contribution in [0.2, 0.25) is 0 Å². The number of aromatic hydroxyl groups is 1. The highest BCUT2D eigenvalue weighted by atomic mass is 16.7. The van der Waals surface area contributed by atoms with Crippen LogP contribution in [0.15, 0.2) is 60.7 Å². The number of phenols is 1. The van der Waals surface area contributed by atoms with Gasteiger partial charge in [-0.2, -0.15) is 0 Å². The van der Waals surface area contributed by atoms with Crippen LogP contribution in [0.5, 0.6) is 5.75 Å². The summed E-state index contributed by atoms with van der Waals surface area (Å²) in [6.07, 6.45) is -5.24. The first-order valence-electron chi connectivity index (χ1n) is 13.6. The standard InChI is InChI=1S/C32H34O11/c1-18(33)39-17-28-29(40-19(2)34)30(41-20(3)35)31(42-21(4)36)32(38-5,43-28)26-16-22(11-12-27(26)37)13-23-14-24-9-7-6-8-10-25(24)15-23/h6-12,14-16,28-31,37H,13,17H2,1-5H3. The number of esters is 4. The fourth-order valence-electron chi connectivity index (χ4n) is 5.35. The van der Waals surface area contributed by atoms with Crippen LogP contribution in [0.1, 0.15) is 44.4 Å². The van der Waals surface area contributed by atoms with E-state index < -0.39 is 60.7 Å². The molecule has 1 aliphatic heterocycles. The Hall–Kier alpha value is -4.48. The summed E-state index contributed by atoms with van der Waals surface area (Å²) in [5.41, 5.74) is 3.93. The second-order valence-electron chi connectivity index (χ2n) is 10.2. The number of methoxy groups -OCH3 is 1. The van der Waals surface area contributed by atoms with Gasteiger partial charge in [-0.1, -0.05) is 48.5 Å². The summed E-state index contributed by atoms with van der Waals surface area (Å²) in [4.78, 5) is 48.5. The predicted molar refractivity (Wildman–Crippen MR) is 151 cm³/mol. The monoisotopic (exact) mass is 594 g/mol. The van der Waals surface area contributed by atoms with Gasteiger partial charge in [0, 0.05) is 34.8 Å². The lowest BCUT2D eigenvalue weighted by Crippen LogP contribution is -2.67. The SMILES string of the molecule is COC1(c2cc(Cc3cc4cccccc-4c3)ccc2O)OC(COC(C)=O)C(OC(C)=O)C(OC(C)=O)C1OC(C)=O. The van der Waals surface area contributed by atoms with Crippen LogP contribution in [-0.2, 0) is 59.8 Å². The van der Waals surface area contributed by atoms with Crippen molar-refractivity contribution in [3.63, 3.8) is 0 Å². The summed E-state index contributed by atoms with van der Waals surface area (Å²) >= 11 is 0. The van der Waals surface area contributed by atoms with E-state index in [1.54, 1.807) is 12.1 Å². The zero-order valence-electron chi connectivity index (χ0n) is 24.5. The van der Waals surface area contributed by atoms with E-state index >= 15 is 0 Å². The van der Waals surface area contributed by atoms with Crippen LogP contribution in [0, 0.1) is 0 Å². The Morgan fingerprint density at radius 2 is 1.37 bits per heavy atom. The van der Waals surface area contributed by atoms with Crippen molar-refractivity contribution in [1.82, 2.24) is 0 Å². The van der Waals surface area contributed by atoms with E-state index in [2.05, 4.69) is 12.1 Å². The maximum Gasteiger partial charge on any atom is 0.303 e. The first kappa shape index (κ1) is 31.5. The highest BCUT2D eigenvalue weighted by molar-refractivity contribution is 5.70. The minimum Gasteiger partial charge on any atom is -0.507 e. The molecule has 1 aromatic rings. The van der Waals surface area contributed by atoms with Crippen molar-refractivity contribution >= 4 is 23.9 Å². The molecule has 11 nitrogen and oxygen atoms in total. The fourth-order valence-corrected chi connectivity index (χ4v) is 5.35. The third-order valence-electron chi connectivity index (χ3n) is 6.97. The molecule has 0 radical (unpaired) electrons. The van der Waals surface area contributed by atoms with Crippen molar-refractivity contribution in [1.29, 1.82) is 0 Å². The summed E-state index contributed by atoms with van der Waals surface area (Å²) in [6.45, 7) is 4.13. The van der Waals surface area contributed by atoms with E-state index in [9.17, 15) is 24.3 Å². The average Bonchev–Trinajstić information content (AvgIpc) is 3.17. The molecule has 5 unspecified atom stereocenters. The Labute approximate surface area is 248 Å². The number of fused-ring (bicyclic) bond motifs is 1. The number of rotatable bonds is 9. The molecule has 0 amide bonds. The highest BCUT2D eigenvalue weighted by Gasteiger charge is 2.62. The third-order valence-corrected chi connectivity index (χ3v) is 6.97. The Kier molecular flexibility index (Phi) is 9.67. The molecular weight excluding hydrogens is 560 g/mol. The lowest BCUT2D eigenvalue weighted by atomic mass is 9.85. The molecule has 3 aliphatic rings. The predicted octanol–water partition coefficient (Wildman–Crippen LogP) is 3.64. The van der Waals surface area contributed by atoms with Gasteiger partial charge in [-0.25, -0.2) is 0 Å².